The summed E-state index contributed by atoms with van der Waals surface area (Å²) in [5, 5.41) is 44.2. The summed E-state index contributed by atoms with van der Waals surface area (Å²) in [5.74, 6) is 0. The maximum absolute atomic E-state index is 8.25. The molecular weight excluding hydrogens is 903 g/mol. The second kappa shape index (κ2) is 147. The van der Waals surface area contributed by atoms with Crippen molar-refractivity contribution in [3.63, 3.8) is 0 Å². The molecule has 0 aliphatic rings. The van der Waals surface area contributed by atoms with Crippen LogP contribution in [0.15, 0.2) is 0 Å². The van der Waals surface area contributed by atoms with E-state index in [1.54, 1.807) is 0 Å². The van der Waals surface area contributed by atoms with Crippen molar-refractivity contribution >= 4 is 0 Å². The fourth-order valence-electron chi connectivity index (χ4n) is 0. The van der Waals surface area contributed by atoms with E-state index in [9.17, 15) is 0 Å². The van der Waals surface area contributed by atoms with E-state index in [2.05, 4.69) is 0 Å². The van der Waals surface area contributed by atoms with Crippen LogP contribution in [0.5, 0.6) is 0 Å². The van der Waals surface area contributed by atoms with Gasteiger partial charge in [0, 0.05) is 0 Å². The normalized spacial score (nSPS) is 3.00. The third-order valence-electron chi connectivity index (χ3n) is 0. The minimum Gasteiger partial charge on any atom is -0.870 e. The van der Waals surface area contributed by atoms with Crippen molar-refractivity contribution in [2.24, 2.45) is 0 Å². The van der Waals surface area contributed by atoms with Gasteiger partial charge in [-0.2, -0.15) is 0 Å². The minimum atomic E-state index is -1.75. The number of rotatable bonds is 0. The molecule has 0 aromatic heterocycles. The molecule has 24 heteroatoms. The zero-order valence-corrected chi connectivity index (χ0v) is 18.4. The molecule has 0 fully saturated rings. The van der Waals surface area contributed by atoms with Gasteiger partial charge in [-0.3, -0.25) is 0 Å². The standard InChI is InChI=1S/3NO3.6H3N.3H2O.3Pt/c3*2-1(3)4;;;;;;;;;;;;/h;;;6*1H3;3*1H2;;;/q3*-1;;;;;;;;;;3*+2/p-3. The monoisotopic (exact) mass is 924 g/mol. The third kappa shape index (κ3) is 18200. The first-order chi connectivity index (χ1) is 5.20. The summed E-state index contributed by atoms with van der Waals surface area (Å²) in [6, 6.07) is 0. The second-order valence-electron chi connectivity index (χ2n) is 0.671. The Morgan fingerprint density at radius 1 is 0.375 bits per heavy atom. The predicted molar refractivity (Wildman–Crippen MR) is 67.0 cm³/mol. The molecule has 0 aromatic carbocycles. The number of hydrogen-bond donors (Lipinski definition) is 6. The Labute approximate surface area is 177 Å². The minimum absolute atomic E-state index is 0. The van der Waals surface area contributed by atoms with Crippen LogP contribution in [-0.4, -0.2) is 31.7 Å². The largest absolute Gasteiger partial charge is 2.00 e. The van der Waals surface area contributed by atoms with Crippen LogP contribution in [0.2, 0.25) is 0 Å². The summed E-state index contributed by atoms with van der Waals surface area (Å²) in [6.45, 7) is 0. The summed E-state index contributed by atoms with van der Waals surface area (Å²) in [5.41, 5.74) is 0. The van der Waals surface area contributed by atoms with Crippen molar-refractivity contribution in [2.75, 3.05) is 0 Å². The van der Waals surface area contributed by atoms with Gasteiger partial charge in [0.1, 0.15) is 0 Å². The summed E-state index contributed by atoms with van der Waals surface area (Å²) >= 11 is 0. The molecule has 21 nitrogen and oxygen atoms in total. The van der Waals surface area contributed by atoms with Gasteiger partial charge in [0.15, 0.2) is 0 Å². The Kier molecular flexibility index (Phi) is 1030. The maximum atomic E-state index is 8.25. The first-order valence-electron chi connectivity index (χ1n) is 1.64. The molecule has 24 heavy (non-hydrogen) atoms. The van der Waals surface area contributed by atoms with E-state index in [1.807, 2.05) is 0 Å². The van der Waals surface area contributed by atoms with Crippen LogP contribution in [0, 0.1) is 46.0 Å². The van der Waals surface area contributed by atoms with E-state index in [-0.39, 0.29) is 117 Å². The van der Waals surface area contributed by atoms with Gasteiger partial charge < -0.3 is 99.3 Å². The topological polar surface area (TPSA) is 499 Å². The SMILES string of the molecule is N.N.N.N.N.N.O=[N+]([O-])[O-].O=[N+]([O-])[O-].O=[N+]([O-])[O-].[OH-].[OH-].[OH-].[Pt+2].[Pt+2].[Pt+2]. The van der Waals surface area contributed by atoms with Gasteiger partial charge in [-0.25, -0.2) is 0 Å². The second-order valence-corrected chi connectivity index (χ2v) is 0.671. The smallest absolute Gasteiger partial charge is 0.870 e. The van der Waals surface area contributed by atoms with Gasteiger partial charge in [-0.15, -0.1) is 0 Å². The quantitative estimate of drug-likeness (QED) is 0.134. The van der Waals surface area contributed by atoms with E-state index < -0.39 is 15.3 Å². The van der Waals surface area contributed by atoms with Crippen molar-refractivity contribution in [1.29, 1.82) is 0 Å². The first-order valence-corrected chi connectivity index (χ1v) is 1.64. The van der Waals surface area contributed by atoms with Crippen LogP contribution in [0.4, 0.5) is 0 Å². The van der Waals surface area contributed by atoms with Gasteiger partial charge >= 0.3 is 63.2 Å². The molecule has 21 N–H and O–H groups in total. The molecule has 0 unspecified atom stereocenters. The van der Waals surface area contributed by atoms with Gasteiger partial charge in [-0.1, -0.05) is 0 Å². The molecule has 0 saturated heterocycles. The third-order valence-corrected chi connectivity index (χ3v) is 0. The number of nitrogens with zero attached hydrogens (tertiary/aromatic N) is 3. The van der Waals surface area contributed by atoms with Gasteiger partial charge in [-0.05, 0) is 0 Å². The maximum Gasteiger partial charge on any atom is 2.00 e. The zero-order chi connectivity index (χ0) is 10.7. The summed E-state index contributed by atoms with van der Waals surface area (Å²) in [6.07, 6.45) is 0. The fourth-order valence-corrected chi connectivity index (χ4v) is 0. The van der Waals surface area contributed by atoms with E-state index in [1.165, 1.54) is 0 Å². The molecule has 0 amide bonds. The first kappa shape index (κ1) is 168. The molecule has 0 aliphatic carbocycles. The summed E-state index contributed by atoms with van der Waals surface area (Å²) in [4.78, 5) is 24.8. The van der Waals surface area contributed by atoms with E-state index in [0.717, 1.165) is 0 Å². The Morgan fingerprint density at radius 2 is 0.375 bits per heavy atom. The van der Waals surface area contributed by atoms with Crippen LogP contribution in [0.3, 0.4) is 0 Å². The van der Waals surface area contributed by atoms with Crippen LogP contribution in [0.1, 0.15) is 0 Å². The van der Waals surface area contributed by atoms with Crippen molar-refractivity contribution in [3.8, 4) is 0 Å². The Morgan fingerprint density at radius 3 is 0.375 bits per heavy atom. The van der Waals surface area contributed by atoms with E-state index in [0.29, 0.717) is 0 Å². The Hall–Kier alpha value is -0.695. The average Bonchev–Trinajstić information content (AvgIpc) is 1.54. The van der Waals surface area contributed by atoms with Crippen LogP contribution in [-0.2, 0) is 63.2 Å². The molecule has 0 radical (unpaired) electrons. The molecule has 0 rings (SSSR count). The summed E-state index contributed by atoms with van der Waals surface area (Å²) in [7, 11) is 0. The van der Waals surface area contributed by atoms with Gasteiger partial charge in [0.25, 0.3) is 0 Å². The zero-order valence-electron chi connectivity index (χ0n) is 11.5. The van der Waals surface area contributed by atoms with Crippen LogP contribution < -0.4 is 36.9 Å². The van der Waals surface area contributed by atoms with Crippen molar-refractivity contribution in [1.82, 2.24) is 36.9 Å². The Balaban J connectivity index is -0.00000000312. The van der Waals surface area contributed by atoms with Crippen molar-refractivity contribution in [2.45, 2.75) is 0 Å². The molecule has 0 aromatic rings. The van der Waals surface area contributed by atoms with E-state index in [4.69, 9.17) is 46.0 Å². The molecule has 168 valence electrons. The van der Waals surface area contributed by atoms with Crippen LogP contribution in [0.25, 0.3) is 0 Å². The molecule has 0 aliphatic heterocycles. The molecule has 0 atom stereocenters. The number of hydrogen-bond acceptors (Lipinski definition) is 18. The van der Waals surface area contributed by atoms with E-state index >= 15 is 0 Å². The molecule has 0 bridgehead atoms. The predicted octanol–water partition coefficient (Wildman–Crippen LogP) is -0.283. The molecule has 0 heterocycles. The molecule has 0 spiro atoms. The molecule has 0 saturated carbocycles. The van der Waals surface area contributed by atoms with Crippen molar-refractivity contribution < 1.29 is 94.9 Å². The molecular formula is H21N9O12Pt3. The Bertz CT molecular complexity index is 131. The van der Waals surface area contributed by atoms with Crippen molar-refractivity contribution in [3.05, 3.63) is 46.0 Å². The fraction of sp³-hybridized carbons (Fsp3) is 0. The van der Waals surface area contributed by atoms with Crippen LogP contribution >= 0.6 is 0 Å². The average molecular weight is 924 g/mol. The van der Waals surface area contributed by atoms with Gasteiger partial charge in [0.2, 0.25) is 0 Å². The summed E-state index contributed by atoms with van der Waals surface area (Å²) < 4.78 is 0. The van der Waals surface area contributed by atoms with Gasteiger partial charge in [0.05, 0.1) is 15.3 Å².